The number of benzene rings is 1. The molecule has 1 saturated carbocycles. The Bertz CT molecular complexity index is 712. The minimum atomic E-state index is -0.417. The molecule has 4 rings (SSSR count). The van der Waals surface area contributed by atoms with Crippen molar-refractivity contribution in [3.63, 3.8) is 0 Å². The van der Waals surface area contributed by atoms with Crippen LogP contribution in [0.3, 0.4) is 0 Å². The standard InChI is InChI=1S/C24H33NO3/c1-2-3-6-18-9-11-19(12-10-18)23(27)25-15-13-24(14-16-25)17-21(26)20-7-4-5-8-22(20)28-24/h4-5,7-8,18-19H,2-3,6,9-17H2,1H3. The highest BCUT2D eigenvalue weighted by Gasteiger charge is 2.44. The maximum absolute atomic E-state index is 13.0. The van der Waals surface area contributed by atoms with Crippen LogP contribution in [0.15, 0.2) is 24.3 Å². The highest BCUT2D eigenvalue weighted by Crippen LogP contribution is 2.40. The number of piperidine rings is 1. The average Bonchev–Trinajstić information content (AvgIpc) is 2.73. The second-order valence-electron chi connectivity index (χ2n) is 9.07. The summed E-state index contributed by atoms with van der Waals surface area (Å²) in [6.45, 7) is 3.68. The molecule has 0 unspecified atom stereocenters. The molecule has 2 fully saturated rings. The number of hydrogen-bond acceptors (Lipinski definition) is 3. The van der Waals surface area contributed by atoms with E-state index in [0.29, 0.717) is 36.7 Å². The van der Waals surface area contributed by atoms with E-state index in [4.69, 9.17) is 4.74 Å². The molecule has 1 aliphatic carbocycles. The fourth-order valence-corrected chi connectivity index (χ4v) is 5.31. The molecule has 3 aliphatic rings. The molecule has 0 N–H and O–H groups in total. The van der Waals surface area contributed by atoms with Crippen molar-refractivity contribution in [2.75, 3.05) is 13.1 Å². The summed E-state index contributed by atoms with van der Waals surface area (Å²) in [6.07, 6.45) is 10.4. The molecule has 4 heteroatoms. The van der Waals surface area contributed by atoms with Crippen molar-refractivity contribution in [3.8, 4) is 5.75 Å². The lowest BCUT2D eigenvalue weighted by Gasteiger charge is -2.44. The van der Waals surface area contributed by atoms with Gasteiger partial charge in [-0.1, -0.05) is 38.3 Å². The Labute approximate surface area is 168 Å². The molecule has 0 aromatic heterocycles. The lowest BCUT2D eigenvalue weighted by Crippen LogP contribution is -2.53. The molecule has 0 radical (unpaired) electrons. The number of ether oxygens (including phenoxy) is 1. The summed E-state index contributed by atoms with van der Waals surface area (Å²) in [7, 11) is 0. The third-order valence-corrected chi connectivity index (χ3v) is 7.14. The van der Waals surface area contributed by atoms with Crippen molar-refractivity contribution < 1.29 is 14.3 Å². The van der Waals surface area contributed by atoms with Crippen LogP contribution in [0.2, 0.25) is 0 Å². The summed E-state index contributed by atoms with van der Waals surface area (Å²) in [5.41, 5.74) is 0.284. The van der Waals surface area contributed by atoms with E-state index in [9.17, 15) is 9.59 Å². The quantitative estimate of drug-likeness (QED) is 0.734. The average molecular weight is 384 g/mol. The van der Waals surface area contributed by atoms with Crippen LogP contribution in [0.4, 0.5) is 0 Å². The van der Waals surface area contributed by atoms with Crippen molar-refractivity contribution in [3.05, 3.63) is 29.8 Å². The number of likely N-dealkylation sites (tertiary alicyclic amines) is 1. The minimum Gasteiger partial charge on any atom is -0.486 e. The lowest BCUT2D eigenvalue weighted by atomic mass is 9.78. The number of para-hydroxylation sites is 1. The zero-order valence-corrected chi connectivity index (χ0v) is 17.1. The molecular formula is C24H33NO3. The van der Waals surface area contributed by atoms with Gasteiger partial charge in [-0.25, -0.2) is 0 Å². The van der Waals surface area contributed by atoms with Gasteiger partial charge in [0.05, 0.1) is 12.0 Å². The normalized spacial score (nSPS) is 26.6. The Morgan fingerprint density at radius 1 is 1.14 bits per heavy atom. The Kier molecular flexibility index (Phi) is 5.75. The van der Waals surface area contributed by atoms with E-state index in [0.717, 1.165) is 31.6 Å². The predicted molar refractivity (Wildman–Crippen MR) is 110 cm³/mol. The van der Waals surface area contributed by atoms with Crippen molar-refractivity contribution in [1.29, 1.82) is 0 Å². The molecule has 0 atom stereocenters. The number of carbonyl (C=O) groups is 2. The Hall–Kier alpha value is -1.84. The molecule has 28 heavy (non-hydrogen) atoms. The summed E-state index contributed by atoms with van der Waals surface area (Å²) in [5, 5.41) is 0. The SMILES string of the molecule is CCCCC1CCC(C(=O)N2CCC3(CC2)CC(=O)c2ccccc2O3)CC1. The first-order valence-electron chi connectivity index (χ1n) is 11.2. The number of carbonyl (C=O) groups excluding carboxylic acids is 2. The molecule has 1 aromatic carbocycles. The van der Waals surface area contributed by atoms with E-state index in [2.05, 4.69) is 6.92 Å². The van der Waals surface area contributed by atoms with Crippen molar-refractivity contribution in [2.24, 2.45) is 11.8 Å². The summed E-state index contributed by atoms with van der Waals surface area (Å²) >= 11 is 0. The Morgan fingerprint density at radius 2 is 1.86 bits per heavy atom. The molecule has 1 aromatic rings. The van der Waals surface area contributed by atoms with Gasteiger partial charge in [0.15, 0.2) is 5.78 Å². The van der Waals surface area contributed by atoms with Gasteiger partial charge in [-0.3, -0.25) is 9.59 Å². The van der Waals surface area contributed by atoms with Gasteiger partial charge in [0, 0.05) is 31.8 Å². The number of fused-ring (bicyclic) bond motifs is 1. The van der Waals surface area contributed by atoms with E-state index in [1.807, 2.05) is 29.2 Å². The maximum atomic E-state index is 13.0. The van der Waals surface area contributed by atoms with Gasteiger partial charge in [-0.2, -0.15) is 0 Å². The monoisotopic (exact) mass is 383 g/mol. The summed E-state index contributed by atoms with van der Waals surface area (Å²) in [5.74, 6) is 2.26. The van der Waals surface area contributed by atoms with Crippen LogP contribution in [-0.2, 0) is 4.79 Å². The second-order valence-corrected chi connectivity index (χ2v) is 9.07. The van der Waals surface area contributed by atoms with E-state index < -0.39 is 5.60 Å². The smallest absolute Gasteiger partial charge is 0.225 e. The Morgan fingerprint density at radius 3 is 2.57 bits per heavy atom. The summed E-state index contributed by atoms with van der Waals surface area (Å²) in [4.78, 5) is 27.6. The zero-order valence-electron chi connectivity index (χ0n) is 17.1. The number of unbranched alkanes of at least 4 members (excludes halogenated alkanes) is 1. The predicted octanol–water partition coefficient (Wildman–Crippen LogP) is 5.01. The first-order chi connectivity index (χ1) is 13.6. The molecule has 4 nitrogen and oxygen atoms in total. The number of Topliss-reactive ketones (excluding diaryl/α,β-unsaturated/α-hetero) is 1. The van der Waals surface area contributed by atoms with Crippen LogP contribution < -0.4 is 4.74 Å². The molecule has 2 aliphatic heterocycles. The minimum absolute atomic E-state index is 0.173. The van der Waals surface area contributed by atoms with Crippen molar-refractivity contribution in [2.45, 2.75) is 76.7 Å². The Balaban J connectivity index is 1.31. The molecule has 152 valence electrons. The van der Waals surface area contributed by atoms with Gasteiger partial charge in [0.1, 0.15) is 11.4 Å². The fraction of sp³-hybridized carbons (Fsp3) is 0.667. The summed E-state index contributed by atoms with van der Waals surface area (Å²) < 4.78 is 6.30. The van der Waals surface area contributed by atoms with Gasteiger partial charge in [-0.05, 0) is 43.7 Å². The van der Waals surface area contributed by atoms with Crippen LogP contribution in [0.1, 0.15) is 81.5 Å². The number of ketones is 1. The molecule has 1 saturated heterocycles. The fourth-order valence-electron chi connectivity index (χ4n) is 5.31. The van der Waals surface area contributed by atoms with Gasteiger partial charge >= 0.3 is 0 Å². The highest BCUT2D eigenvalue weighted by molar-refractivity contribution is 6.00. The topological polar surface area (TPSA) is 46.6 Å². The van der Waals surface area contributed by atoms with Crippen LogP contribution in [0.5, 0.6) is 5.75 Å². The first kappa shape index (κ1) is 19.5. The van der Waals surface area contributed by atoms with Crippen LogP contribution in [-0.4, -0.2) is 35.3 Å². The van der Waals surface area contributed by atoms with Crippen molar-refractivity contribution >= 4 is 11.7 Å². The lowest BCUT2D eigenvalue weighted by molar-refractivity contribution is -0.140. The third kappa shape index (κ3) is 3.97. The maximum Gasteiger partial charge on any atom is 0.225 e. The molecule has 2 heterocycles. The van der Waals surface area contributed by atoms with Crippen LogP contribution in [0.25, 0.3) is 0 Å². The van der Waals surface area contributed by atoms with Crippen LogP contribution in [0, 0.1) is 11.8 Å². The zero-order chi connectivity index (χ0) is 19.6. The largest absolute Gasteiger partial charge is 0.486 e. The third-order valence-electron chi connectivity index (χ3n) is 7.14. The van der Waals surface area contributed by atoms with Gasteiger partial charge in [-0.15, -0.1) is 0 Å². The van der Waals surface area contributed by atoms with Crippen molar-refractivity contribution in [1.82, 2.24) is 4.90 Å². The molecule has 1 spiro atoms. The van der Waals surface area contributed by atoms with Gasteiger partial charge in [0.2, 0.25) is 5.91 Å². The van der Waals surface area contributed by atoms with Gasteiger partial charge < -0.3 is 9.64 Å². The van der Waals surface area contributed by atoms with Gasteiger partial charge in [0.25, 0.3) is 0 Å². The van der Waals surface area contributed by atoms with Crippen LogP contribution >= 0.6 is 0 Å². The first-order valence-corrected chi connectivity index (χ1v) is 11.2. The number of hydrogen-bond donors (Lipinski definition) is 0. The second kappa shape index (κ2) is 8.26. The van der Waals surface area contributed by atoms with E-state index in [1.165, 1.54) is 32.1 Å². The summed E-state index contributed by atoms with van der Waals surface area (Å²) in [6, 6.07) is 7.54. The molecular weight excluding hydrogens is 350 g/mol. The molecule has 1 amide bonds. The van der Waals surface area contributed by atoms with E-state index in [1.54, 1.807) is 0 Å². The van der Waals surface area contributed by atoms with E-state index >= 15 is 0 Å². The highest BCUT2D eigenvalue weighted by atomic mass is 16.5. The number of amides is 1. The van der Waals surface area contributed by atoms with E-state index in [-0.39, 0.29) is 11.7 Å². The number of rotatable bonds is 4. The number of nitrogens with zero attached hydrogens (tertiary/aromatic N) is 1. The molecule has 0 bridgehead atoms.